The second kappa shape index (κ2) is 6.33. The third kappa shape index (κ3) is 3.20. The first-order chi connectivity index (χ1) is 10.6. The number of esters is 1. The number of aromatic nitrogens is 2. The Balaban J connectivity index is 1.67. The van der Waals surface area contributed by atoms with E-state index in [-0.39, 0.29) is 18.3 Å². The average Bonchev–Trinajstić information content (AvgIpc) is 3.14. The molecule has 0 saturated carbocycles. The topological polar surface area (TPSA) is 78.4 Å². The number of nitrogens with zero attached hydrogens (tertiary/aromatic N) is 2. The Hall–Kier alpha value is -2.12. The van der Waals surface area contributed by atoms with E-state index >= 15 is 0 Å². The Kier molecular flexibility index (Phi) is 4.26. The van der Waals surface area contributed by atoms with Gasteiger partial charge in [0.15, 0.2) is 11.3 Å². The zero-order valence-corrected chi connectivity index (χ0v) is 13.3. The lowest BCUT2D eigenvalue weighted by Crippen LogP contribution is -2.04. The van der Waals surface area contributed by atoms with Crippen molar-refractivity contribution in [1.82, 2.24) is 10.1 Å². The molecule has 0 amide bonds. The predicted molar refractivity (Wildman–Crippen MR) is 80.3 cm³/mol. The number of hydrogen-bond donors (Lipinski definition) is 0. The van der Waals surface area contributed by atoms with Crippen molar-refractivity contribution in [3.8, 4) is 11.4 Å². The molecule has 2 heterocycles. The van der Waals surface area contributed by atoms with E-state index in [0.29, 0.717) is 21.1 Å². The van der Waals surface area contributed by atoms with E-state index in [2.05, 4.69) is 26.1 Å². The van der Waals surface area contributed by atoms with E-state index in [1.807, 2.05) is 6.07 Å². The highest BCUT2D eigenvalue weighted by molar-refractivity contribution is 9.10. The number of rotatable bonds is 4. The highest BCUT2D eigenvalue weighted by Gasteiger charge is 2.16. The maximum absolute atomic E-state index is 11.7. The van der Waals surface area contributed by atoms with Crippen molar-refractivity contribution in [1.29, 1.82) is 0 Å². The van der Waals surface area contributed by atoms with Crippen LogP contribution in [0, 0.1) is 0 Å². The molecule has 3 rings (SSSR count). The fourth-order valence-electron chi connectivity index (χ4n) is 1.69. The number of benzene rings is 1. The van der Waals surface area contributed by atoms with Crippen LogP contribution < -0.4 is 0 Å². The Morgan fingerprint density at radius 2 is 2.09 bits per heavy atom. The summed E-state index contributed by atoms with van der Waals surface area (Å²) in [5, 5.41) is 4.32. The number of carbonyl (C=O) groups excluding carboxylic acids is 1. The lowest BCUT2D eigenvalue weighted by Gasteiger charge is -1.98. The fourth-order valence-corrected chi connectivity index (χ4v) is 2.21. The smallest absolute Gasteiger partial charge is 0.374 e. The minimum absolute atomic E-state index is 0.0812. The van der Waals surface area contributed by atoms with Gasteiger partial charge >= 0.3 is 5.97 Å². The molecule has 0 unspecified atom stereocenters. The van der Waals surface area contributed by atoms with Crippen LogP contribution in [-0.2, 0) is 11.3 Å². The van der Waals surface area contributed by atoms with E-state index in [4.69, 9.17) is 25.3 Å². The van der Waals surface area contributed by atoms with Gasteiger partial charge in [0.25, 0.3) is 5.89 Å². The summed E-state index contributed by atoms with van der Waals surface area (Å²) in [5.74, 6) is -0.0489. The quantitative estimate of drug-likeness (QED) is 0.631. The van der Waals surface area contributed by atoms with Crippen molar-refractivity contribution in [2.75, 3.05) is 0 Å². The first-order valence-corrected chi connectivity index (χ1v) is 7.30. The second-order valence-electron chi connectivity index (χ2n) is 4.17. The van der Waals surface area contributed by atoms with Crippen molar-refractivity contribution < 1.29 is 18.5 Å². The summed E-state index contributed by atoms with van der Waals surface area (Å²) in [4.78, 5) is 15.8. The summed E-state index contributed by atoms with van der Waals surface area (Å²) in [7, 11) is 0. The van der Waals surface area contributed by atoms with Gasteiger partial charge in [0.2, 0.25) is 11.6 Å². The largest absolute Gasteiger partial charge is 0.450 e. The number of hydrogen-bond acceptors (Lipinski definition) is 6. The molecule has 0 radical (unpaired) electrons. The van der Waals surface area contributed by atoms with Crippen LogP contribution in [0.5, 0.6) is 0 Å². The van der Waals surface area contributed by atoms with E-state index in [0.717, 1.165) is 0 Å². The molecule has 2 aromatic heterocycles. The monoisotopic (exact) mass is 382 g/mol. The predicted octanol–water partition coefficient (Wildman–Crippen LogP) is 4.10. The van der Waals surface area contributed by atoms with Crippen LogP contribution in [-0.4, -0.2) is 16.1 Å². The Bertz CT molecular complexity index is 815. The van der Waals surface area contributed by atoms with Gasteiger partial charge in [-0.25, -0.2) is 4.79 Å². The second-order valence-corrected chi connectivity index (χ2v) is 5.36. The van der Waals surface area contributed by atoms with Crippen molar-refractivity contribution in [3.63, 3.8) is 0 Å². The Morgan fingerprint density at radius 1 is 1.27 bits per heavy atom. The molecule has 0 bridgehead atoms. The van der Waals surface area contributed by atoms with Crippen LogP contribution in [0.1, 0.15) is 16.4 Å². The van der Waals surface area contributed by atoms with Gasteiger partial charge in [0.05, 0.1) is 5.02 Å². The van der Waals surface area contributed by atoms with Crippen LogP contribution in [0.25, 0.3) is 11.4 Å². The van der Waals surface area contributed by atoms with Crippen LogP contribution in [0.3, 0.4) is 0 Å². The molecule has 0 N–H and O–H groups in total. The maximum Gasteiger partial charge on any atom is 0.374 e. The normalized spacial score (nSPS) is 10.6. The molecule has 0 atom stereocenters. The summed E-state index contributed by atoms with van der Waals surface area (Å²) < 4.78 is 15.6. The first kappa shape index (κ1) is 14.8. The minimum Gasteiger partial charge on any atom is -0.450 e. The zero-order valence-electron chi connectivity index (χ0n) is 11.0. The van der Waals surface area contributed by atoms with Crippen LogP contribution in [0.4, 0.5) is 0 Å². The van der Waals surface area contributed by atoms with E-state index < -0.39 is 5.97 Å². The zero-order chi connectivity index (χ0) is 15.5. The molecule has 3 aromatic rings. The summed E-state index contributed by atoms with van der Waals surface area (Å²) in [6.07, 6.45) is 0. The van der Waals surface area contributed by atoms with Crippen LogP contribution in [0.15, 0.2) is 50.0 Å². The lowest BCUT2D eigenvalue weighted by atomic mass is 10.2. The number of carbonyl (C=O) groups is 1. The van der Waals surface area contributed by atoms with E-state index in [1.54, 1.807) is 24.3 Å². The van der Waals surface area contributed by atoms with Gasteiger partial charge in [0.1, 0.15) is 0 Å². The molecule has 1 aromatic carbocycles. The number of ether oxygens (including phenoxy) is 1. The van der Waals surface area contributed by atoms with Gasteiger partial charge in [0, 0.05) is 5.56 Å². The molecule has 6 nitrogen and oxygen atoms in total. The summed E-state index contributed by atoms with van der Waals surface area (Å²) in [5.41, 5.74) is 0.639. The summed E-state index contributed by atoms with van der Waals surface area (Å²) in [6, 6.07) is 10.2. The average molecular weight is 384 g/mol. The van der Waals surface area contributed by atoms with Gasteiger partial charge in [-0.05, 0) is 40.2 Å². The van der Waals surface area contributed by atoms with Gasteiger partial charge in [-0.2, -0.15) is 4.98 Å². The molecule has 0 spiro atoms. The molecule has 0 aliphatic heterocycles. The highest BCUT2D eigenvalue weighted by Crippen LogP contribution is 2.25. The van der Waals surface area contributed by atoms with E-state index in [1.165, 1.54) is 6.07 Å². The molecular weight excluding hydrogens is 376 g/mol. The van der Waals surface area contributed by atoms with Gasteiger partial charge < -0.3 is 13.7 Å². The summed E-state index contributed by atoms with van der Waals surface area (Å²) in [6.45, 7) is -0.158. The van der Waals surface area contributed by atoms with Gasteiger partial charge in [-0.1, -0.05) is 28.9 Å². The molecule has 0 aliphatic rings. The molecule has 0 aliphatic carbocycles. The molecule has 112 valence electrons. The van der Waals surface area contributed by atoms with E-state index in [9.17, 15) is 4.79 Å². The van der Waals surface area contributed by atoms with Crippen LogP contribution >= 0.6 is 27.5 Å². The number of furan rings is 1. The van der Waals surface area contributed by atoms with Gasteiger partial charge in [-0.15, -0.1) is 0 Å². The van der Waals surface area contributed by atoms with Crippen molar-refractivity contribution in [2.24, 2.45) is 0 Å². The Labute approximate surface area is 138 Å². The number of halogens is 2. The SMILES string of the molecule is O=C(OCc1nc(-c2ccccc2Cl)no1)c1ccc(Br)o1. The maximum atomic E-state index is 11.7. The lowest BCUT2D eigenvalue weighted by molar-refractivity contribution is 0.0392. The van der Waals surface area contributed by atoms with Gasteiger partial charge in [-0.3, -0.25) is 0 Å². The first-order valence-electron chi connectivity index (χ1n) is 6.13. The van der Waals surface area contributed by atoms with Crippen LogP contribution in [0.2, 0.25) is 5.02 Å². The molecule has 0 fully saturated rings. The molecule has 0 saturated heterocycles. The fraction of sp³-hybridized carbons (Fsp3) is 0.0714. The third-order valence-electron chi connectivity index (χ3n) is 2.68. The Morgan fingerprint density at radius 3 is 2.82 bits per heavy atom. The standard InChI is InChI=1S/C14H8BrClN2O4/c15-11-6-5-10(21-11)14(19)20-7-12-17-13(18-22-12)8-3-1-2-4-9(8)16/h1-6H,7H2. The minimum atomic E-state index is -0.622. The molecule has 8 heteroatoms. The van der Waals surface area contributed by atoms with Crippen molar-refractivity contribution in [2.45, 2.75) is 6.61 Å². The highest BCUT2D eigenvalue weighted by atomic mass is 79.9. The van der Waals surface area contributed by atoms with Crippen molar-refractivity contribution in [3.05, 3.63) is 57.7 Å². The molecular formula is C14H8BrClN2O4. The van der Waals surface area contributed by atoms with Crippen molar-refractivity contribution >= 4 is 33.5 Å². The summed E-state index contributed by atoms with van der Waals surface area (Å²) >= 11 is 9.16. The molecule has 22 heavy (non-hydrogen) atoms. The third-order valence-corrected chi connectivity index (χ3v) is 3.44.